The Kier molecular flexibility index (Phi) is 9.40. The molecule has 3 heterocycles. The molecule has 3 aliphatic carbocycles. The maximum atomic E-state index is 15.5. The van der Waals surface area contributed by atoms with Gasteiger partial charge in [-0.25, -0.2) is 35.9 Å². The second-order valence-corrected chi connectivity index (χ2v) is 14.4. The van der Waals surface area contributed by atoms with Gasteiger partial charge in [0.1, 0.15) is 29.6 Å². The van der Waals surface area contributed by atoms with Crippen molar-refractivity contribution in [3.05, 3.63) is 72.5 Å². The van der Waals surface area contributed by atoms with Crippen LogP contribution in [0.4, 0.5) is 43.4 Å². The predicted molar refractivity (Wildman–Crippen MR) is 190 cm³/mol. The second-order valence-electron chi connectivity index (χ2n) is 14.4. The first-order valence-corrected chi connectivity index (χ1v) is 16.7. The normalized spacial score (nSPS) is 24.9. The Morgan fingerprint density at radius 3 is 1.57 bits per heavy atom. The number of anilines is 3. The number of nitrogen functional groups attached to an aromatic ring is 2. The second kappa shape index (κ2) is 13.1. The fourth-order valence-corrected chi connectivity index (χ4v) is 7.63. The highest BCUT2D eigenvalue weighted by atomic mass is 35.5. The summed E-state index contributed by atoms with van der Waals surface area (Å²) in [4.78, 5) is 49.3. The van der Waals surface area contributed by atoms with E-state index in [0.717, 1.165) is 12.4 Å². The lowest BCUT2D eigenvalue weighted by molar-refractivity contribution is 0.0684. The largest absolute Gasteiger partial charge is 0.477 e. The molecule has 6 atom stereocenters. The standard InChI is InChI=1S/C21H23F3N4O3.C14H11F3N2O3.ClH/c1-8-17-14(19(29)9(20(30)31)5-28(17)13-4-11(13)22)16(25)15(24)18(8)27-6-10(12(23)7-27)21(26)2-3-21;1-4-9(16)10(17)11(18)8-12(4)19(7-2-6(7)15)3-5(13(8)20)14(21)22;/h5,10-13H,2-4,6-7,25-26H2,1H3,(H,30,31);3,6-7H,2,18H2,1H3,(H,21,22);1H/t10-,11-,12-,13+;6-,7+;/m00./s1. The lowest BCUT2D eigenvalue weighted by Crippen LogP contribution is -2.38. The van der Waals surface area contributed by atoms with Crippen molar-refractivity contribution in [1.29, 1.82) is 0 Å². The van der Waals surface area contributed by atoms with Crippen LogP contribution < -0.4 is 33.0 Å². The number of aromatic nitrogens is 2. The minimum absolute atomic E-state index is 0. The molecule has 2 aromatic heterocycles. The van der Waals surface area contributed by atoms with E-state index in [0.29, 0.717) is 18.4 Å². The molecule has 2 aromatic carbocycles. The van der Waals surface area contributed by atoms with Crippen molar-refractivity contribution in [1.82, 2.24) is 9.13 Å². The van der Waals surface area contributed by atoms with E-state index >= 15 is 4.39 Å². The first-order valence-electron chi connectivity index (χ1n) is 16.7. The number of pyridine rings is 2. The summed E-state index contributed by atoms with van der Waals surface area (Å²) in [5, 5.41) is 17.8. The highest BCUT2D eigenvalue weighted by molar-refractivity contribution is 6.02. The first kappa shape index (κ1) is 38.7. The van der Waals surface area contributed by atoms with Gasteiger partial charge in [0.15, 0.2) is 17.5 Å². The van der Waals surface area contributed by atoms with Crippen molar-refractivity contribution in [2.75, 3.05) is 29.5 Å². The average Bonchev–Trinajstić information content (AvgIpc) is 4.06. The molecule has 0 amide bonds. The lowest BCUT2D eigenvalue weighted by atomic mass is 9.96. The van der Waals surface area contributed by atoms with Gasteiger partial charge in [0, 0.05) is 55.3 Å². The number of hydrogen-bond acceptors (Lipinski definition) is 8. The number of nitrogens with two attached hydrogens (primary N) is 3. The number of alkyl halides is 3. The number of benzene rings is 2. The molecule has 0 unspecified atom stereocenters. The van der Waals surface area contributed by atoms with E-state index in [-0.39, 0.29) is 66.0 Å². The molecule has 8 rings (SSSR count). The van der Waals surface area contributed by atoms with E-state index in [1.165, 1.54) is 16.1 Å². The van der Waals surface area contributed by atoms with Gasteiger partial charge in [-0.2, -0.15) is 0 Å². The fourth-order valence-electron chi connectivity index (χ4n) is 7.63. The van der Waals surface area contributed by atoms with Gasteiger partial charge in [0.25, 0.3) is 0 Å². The molecule has 1 saturated heterocycles. The molecule has 8 N–H and O–H groups in total. The molecule has 3 saturated carbocycles. The Morgan fingerprint density at radius 2 is 1.17 bits per heavy atom. The summed E-state index contributed by atoms with van der Waals surface area (Å²) in [5.74, 6) is -7.05. The van der Waals surface area contributed by atoms with Crippen molar-refractivity contribution < 1.29 is 46.1 Å². The van der Waals surface area contributed by atoms with E-state index in [1.54, 1.807) is 11.8 Å². The zero-order chi connectivity index (χ0) is 38.7. The van der Waals surface area contributed by atoms with Crippen LogP contribution in [0, 0.1) is 37.2 Å². The van der Waals surface area contributed by atoms with Crippen LogP contribution in [0.15, 0.2) is 22.0 Å². The molecule has 0 spiro atoms. The molecule has 4 aromatic rings. The van der Waals surface area contributed by atoms with E-state index in [2.05, 4.69) is 0 Å². The first-order chi connectivity index (χ1) is 24.8. The zero-order valence-electron chi connectivity index (χ0n) is 28.6. The van der Waals surface area contributed by atoms with Gasteiger partial charge in [-0.05, 0) is 32.3 Å². The summed E-state index contributed by atoms with van der Waals surface area (Å²) in [7, 11) is 0. The van der Waals surface area contributed by atoms with Crippen LogP contribution in [-0.4, -0.2) is 68.4 Å². The van der Waals surface area contributed by atoms with Gasteiger partial charge < -0.3 is 41.4 Å². The summed E-state index contributed by atoms with van der Waals surface area (Å²) in [5.41, 5.74) is 12.8. The van der Waals surface area contributed by atoms with Crippen LogP contribution in [0.2, 0.25) is 0 Å². The molecule has 4 fully saturated rings. The lowest BCUT2D eigenvalue weighted by Gasteiger charge is -2.26. The Morgan fingerprint density at radius 1 is 0.741 bits per heavy atom. The Bertz CT molecular complexity index is 2420. The highest BCUT2D eigenvalue weighted by Crippen LogP contribution is 2.48. The fraction of sp³-hybridized carbons (Fsp3) is 0.429. The number of hydrogen-bond donors (Lipinski definition) is 5. The minimum atomic E-state index is -1.54. The van der Waals surface area contributed by atoms with E-state index in [9.17, 15) is 46.2 Å². The summed E-state index contributed by atoms with van der Waals surface area (Å²) in [6.07, 6.45) is 0.0524. The van der Waals surface area contributed by atoms with Crippen LogP contribution in [0.25, 0.3) is 21.8 Å². The van der Waals surface area contributed by atoms with Crippen LogP contribution in [0.1, 0.15) is 69.6 Å². The number of nitrogens with zero attached hydrogens (tertiary/aromatic N) is 3. The van der Waals surface area contributed by atoms with Crippen molar-refractivity contribution >= 4 is 63.2 Å². The number of carboxylic acids is 2. The number of rotatable bonds is 6. The summed E-state index contributed by atoms with van der Waals surface area (Å²) >= 11 is 0. The SMILES string of the molecule is Cc1c(F)c(F)c(N)c2c(=O)c(C(=O)O)cn([C@@H]3C[C@@H]3F)c12.Cc1c(N2C[C@H](F)[C@@H](C3(N)CC3)C2)c(F)c(N)c2c(=O)c(C(=O)O)cn([C@@H]3C[C@@H]3F)c12.Cl. The van der Waals surface area contributed by atoms with E-state index < -0.39 is 110 Å². The molecule has 4 aliphatic rings. The molecule has 0 bridgehead atoms. The van der Waals surface area contributed by atoms with Gasteiger partial charge in [-0.1, -0.05) is 0 Å². The maximum Gasteiger partial charge on any atom is 0.341 e. The molecule has 1 aliphatic heterocycles. The van der Waals surface area contributed by atoms with Crippen LogP contribution >= 0.6 is 12.4 Å². The number of aryl methyl sites for hydroxylation is 2. The third-order valence-corrected chi connectivity index (χ3v) is 10.9. The average molecular weight is 785 g/mol. The zero-order valence-corrected chi connectivity index (χ0v) is 29.5. The van der Waals surface area contributed by atoms with Crippen LogP contribution in [0.5, 0.6) is 0 Å². The van der Waals surface area contributed by atoms with Crippen molar-refractivity contribution in [2.45, 2.75) is 75.7 Å². The van der Waals surface area contributed by atoms with E-state index in [4.69, 9.17) is 22.3 Å². The minimum Gasteiger partial charge on any atom is -0.477 e. The number of halogens is 7. The van der Waals surface area contributed by atoms with Gasteiger partial charge in [-0.3, -0.25) is 9.59 Å². The monoisotopic (exact) mass is 784 g/mol. The number of aromatic carboxylic acids is 2. The number of carboxylic acid groups (broad SMARTS) is 2. The van der Waals surface area contributed by atoms with E-state index in [1.807, 2.05) is 0 Å². The molecule has 12 nitrogen and oxygen atoms in total. The Balaban J connectivity index is 0.000000191. The Hall–Kier alpha value is -4.97. The maximum absolute atomic E-state index is 15.5. The van der Waals surface area contributed by atoms with Gasteiger partial charge in [0.2, 0.25) is 10.9 Å². The topological polar surface area (TPSA) is 200 Å². The van der Waals surface area contributed by atoms with Crippen molar-refractivity contribution in [3.63, 3.8) is 0 Å². The van der Waals surface area contributed by atoms with Gasteiger partial charge >= 0.3 is 11.9 Å². The van der Waals surface area contributed by atoms with Crippen molar-refractivity contribution in [3.8, 4) is 0 Å². The number of fused-ring (bicyclic) bond motifs is 2. The molecule has 54 heavy (non-hydrogen) atoms. The summed E-state index contributed by atoms with van der Waals surface area (Å²) < 4.78 is 87.8. The smallest absolute Gasteiger partial charge is 0.341 e. The molecular weight excluding hydrogens is 750 g/mol. The molecule has 19 heteroatoms. The third-order valence-electron chi connectivity index (χ3n) is 10.9. The Labute approximate surface area is 307 Å². The third kappa shape index (κ3) is 5.89. The van der Waals surface area contributed by atoms with Crippen LogP contribution in [-0.2, 0) is 0 Å². The van der Waals surface area contributed by atoms with Gasteiger partial charge in [0.05, 0.1) is 51.0 Å². The molecule has 0 radical (unpaired) electrons. The quantitative estimate of drug-likeness (QED) is 0.133. The number of carbonyl (C=O) groups is 2. The van der Waals surface area contributed by atoms with Gasteiger partial charge in [-0.15, -0.1) is 12.4 Å². The molecule has 290 valence electrons. The molecular formula is C35H35ClF6N6O6. The summed E-state index contributed by atoms with van der Waals surface area (Å²) in [6, 6.07) is -1.39. The predicted octanol–water partition coefficient (Wildman–Crippen LogP) is 4.85. The van der Waals surface area contributed by atoms with Crippen LogP contribution in [0.3, 0.4) is 0 Å². The van der Waals surface area contributed by atoms with Crippen molar-refractivity contribution in [2.24, 2.45) is 11.7 Å². The highest BCUT2D eigenvalue weighted by Gasteiger charge is 2.53. The summed E-state index contributed by atoms with van der Waals surface area (Å²) in [6.45, 7) is 2.92.